The van der Waals surface area contributed by atoms with Gasteiger partial charge in [0.2, 0.25) is 0 Å². The van der Waals surface area contributed by atoms with E-state index in [1.807, 2.05) is 13.8 Å². The van der Waals surface area contributed by atoms with Gasteiger partial charge in [-0.15, -0.1) is 0 Å². The zero-order chi connectivity index (χ0) is 14.0. The van der Waals surface area contributed by atoms with Crippen LogP contribution in [0, 0.1) is 5.41 Å². The van der Waals surface area contributed by atoms with Gasteiger partial charge in [-0.25, -0.2) is 4.79 Å². The van der Waals surface area contributed by atoms with Gasteiger partial charge >= 0.3 is 6.03 Å². The molecule has 0 aromatic heterocycles. The SMILES string of the molecule is CCC1CC(C)(CCO)C(N2C=CC(O)NC2=O)O1. The Morgan fingerprint density at radius 3 is 2.95 bits per heavy atom. The zero-order valence-corrected chi connectivity index (χ0v) is 11.4. The summed E-state index contributed by atoms with van der Waals surface area (Å²) in [5.74, 6) is 0. The van der Waals surface area contributed by atoms with Gasteiger partial charge in [-0.2, -0.15) is 0 Å². The van der Waals surface area contributed by atoms with Crippen LogP contribution in [0.4, 0.5) is 4.79 Å². The number of hydrogen-bond donors (Lipinski definition) is 3. The fraction of sp³-hybridized carbons (Fsp3) is 0.769. The van der Waals surface area contributed by atoms with E-state index in [0.717, 1.165) is 12.8 Å². The molecule has 1 fully saturated rings. The first kappa shape index (κ1) is 14.3. The van der Waals surface area contributed by atoms with E-state index in [1.54, 1.807) is 6.20 Å². The number of carbonyl (C=O) groups is 1. The molecule has 19 heavy (non-hydrogen) atoms. The van der Waals surface area contributed by atoms with E-state index in [4.69, 9.17) is 4.74 Å². The largest absolute Gasteiger partial charge is 0.396 e. The molecule has 3 N–H and O–H groups in total. The van der Waals surface area contributed by atoms with Crippen molar-refractivity contribution in [1.82, 2.24) is 10.2 Å². The Morgan fingerprint density at radius 1 is 1.63 bits per heavy atom. The van der Waals surface area contributed by atoms with Crippen LogP contribution in [-0.4, -0.2) is 46.3 Å². The van der Waals surface area contributed by atoms with Gasteiger partial charge in [-0.3, -0.25) is 4.90 Å². The molecule has 6 heteroatoms. The van der Waals surface area contributed by atoms with Crippen LogP contribution in [0.1, 0.15) is 33.1 Å². The summed E-state index contributed by atoms with van der Waals surface area (Å²) in [6.07, 6.45) is 4.06. The lowest BCUT2D eigenvalue weighted by molar-refractivity contribution is -0.0615. The molecule has 108 valence electrons. The van der Waals surface area contributed by atoms with Gasteiger partial charge in [0.05, 0.1) is 6.10 Å². The fourth-order valence-corrected chi connectivity index (χ4v) is 2.81. The second kappa shape index (κ2) is 5.48. The predicted molar refractivity (Wildman–Crippen MR) is 68.9 cm³/mol. The Bertz CT molecular complexity index is 374. The molecule has 2 rings (SSSR count). The summed E-state index contributed by atoms with van der Waals surface area (Å²) < 4.78 is 5.94. The van der Waals surface area contributed by atoms with Crippen molar-refractivity contribution in [1.29, 1.82) is 0 Å². The Kier molecular flexibility index (Phi) is 4.13. The van der Waals surface area contributed by atoms with Crippen LogP contribution >= 0.6 is 0 Å². The second-order valence-corrected chi connectivity index (χ2v) is 5.49. The normalized spacial score (nSPS) is 38.6. The molecule has 0 bridgehead atoms. The Hall–Kier alpha value is -1.11. The maximum atomic E-state index is 11.9. The van der Waals surface area contributed by atoms with Crippen LogP contribution in [-0.2, 0) is 4.74 Å². The maximum absolute atomic E-state index is 11.9. The molecule has 6 nitrogen and oxygen atoms in total. The van der Waals surface area contributed by atoms with E-state index in [2.05, 4.69) is 5.32 Å². The monoisotopic (exact) mass is 270 g/mol. The molecular weight excluding hydrogens is 248 g/mol. The molecule has 2 amide bonds. The second-order valence-electron chi connectivity index (χ2n) is 5.49. The minimum Gasteiger partial charge on any atom is -0.396 e. The Labute approximate surface area is 113 Å². The number of amides is 2. The van der Waals surface area contributed by atoms with Crippen molar-refractivity contribution in [2.45, 2.75) is 51.7 Å². The quantitative estimate of drug-likeness (QED) is 0.704. The van der Waals surface area contributed by atoms with Crippen LogP contribution in [0.15, 0.2) is 12.3 Å². The zero-order valence-electron chi connectivity index (χ0n) is 11.4. The summed E-state index contributed by atoms with van der Waals surface area (Å²) in [7, 11) is 0. The van der Waals surface area contributed by atoms with Crippen LogP contribution in [0.3, 0.4) is 0 Å². The van der Waals surface area contributed by atoms with Gasteiger partial charge in [-0.05, 0) is 25.3 Å². The molecule has 0 spiro atoms. The number of nitrogens with one attached hydrogen (secondary N) is 1. The van der Waals surface area contributed by atoms with Gasteiger partial charge in [0.15, 0.2) is 0 Å². The van der Waals surface area contributed by atoms with Gasteiger partial charge in [0, 0.05) is 18.2 Å². The molecule has 4 unspecified atom stereocenters. The number of rotatable bonds is 4. The number of ether oxygens (including phenoxy) is 1. The highest BCUT2D eigenvalue weighted by atomic mass is 16.5. The van der Waals surface area contributed by atoms with E-state index in [-0.39, 0.29) is 24.2 Å². The van der Waals surface area contributed by atoms with Crippen molar-refractivity contribution in [3.05, 3.63) is 12.3 Å². The number of aliphatic hydroxyl groups excluding tert-OH is 2. The van der Waals surface area contributed by atoms with E-state index in [0.29, 0.717) is 6.42 Å². The molecule has 2 aliphatic rings. The van der Waals surface area contributed by atoms with E-state index in [9.17, 15) is 15.0 Å². The minimum absolute atomic E-state index is 0.0641. The van der Waals surface area contributed by atoms with E-state index >= 15 is 0 Å². The van der Waals surface area contributed by atoms with Crippen LogP contribution in [0.2, 0.25) is 0 Å². The van der Waals surface area contributed by atoms with E-state index < -0.39 is 12.5 Å². The van der Waals surface area contributed by atoms with Gasteiger partial charge < -0.3 is 20.3 Å². The molecule has 0 aliphatic carbocycles. The van der Waals surface area contributed by atoms with Crippen molar-refractivity contribution in [2.24, 2.45) is 5.41 Å². The first-order valence-corrected chi connectivity index (χ1v) is 6.71. The third-order valence-electron chi connectivity index (χ3n) is 3.94. The van der Waals surface area contributed by atoms with Crippen LogP contribution < -0.4 is 5.32 Å². The summed E-state index contributed by atoms with van der Waals surface area (Å²) >= 11 is 0. The average Bonchev–Trinajstić information content (AvgIpc) is 2.67. The van der Waals surface area contributed by atoms with Gasteiger partial charge in [0.25, 0.3) is 0 Å². The molecule has 2 aliphatic heterocycles. The third-order valence-corrected chi connectivity index (χ3v) is 3.94. The first-order valence-electron chi connectivity index (χ1n) is 6.71. The van der Waals surface area contributed by atoms with Crippen LogP contribution in [0.25, 0.3) is 0 Å². The van der Waals surface area contributed by atoms with Crippen molar-refractivity contribution < 1.29 is 19.7 Å². The molecule has 0 aromatic carbocycles. The summed E-state index contributed by atoms with van der Waals surface area (Å²) in [5, 5.41) is 21.0. The molecule has 1 saturated heterocycles. The highest BCUT2D eigenvalue weighted by molar-refractivity contribution is 5.77. The lowest BCUT2D eigenvalue weighted by Crippen LogP contribution is -2.53. The van der Waals surface area contributed by atoms with Crippen molar-refractivity contribution in [3.8, 4) is 0 Å². The van der Waals surface area contributed by atoms with Crippen LogP contribution in [0.5, 0.6) is 0 Å². The highest BCUT2D eigenvalue weighted by Crippen LogP contribution is 2.44. The molecule has 2 heterocycles. The third kappa shape index (κ3) is 2.75. The maximum Gasteiger partial charge on any atom is 0.325 e. The number of urea groups is 1. The summed E-state index contributed by atoms with van der Waals surface area (Å²) in [4.78, 5) is 13.4. The van der Waals surface area contributed by atoms with Gasteiger partial charge in [-0.1, -0.05) is 13.8 Å². The Balaban J connectivity index is 2.21. The summed E-state index contributed by atoms with van der Waals surface area (Å²) in [5.41, 5.74) is -0.278. The minimum atomic E-state index is -0.948. The molecule has 0 radical (unpaired) electrons. The molecular formula is C13H22N2O4. The molecule has 0 aromatic rings. The van der Waals surface area contributed by atoms with Crippen molar-refractivity contribution >= 4 is 6.03 Å². The number of aliphatic hydroxyl groups is 2. The average molecular weight is 270 g/mol. The summed E-state index contributed by atoms with van der Waals surface area (Å²) in [6.45, 7) is 4.13. The molecule has 0 saturated carbocycles. The Morgan fingerprint density at radius 2 is 2.37 bits per heavy atom. The number of hydrogen-bond acceptors (Lipinski definition) is 4. The van der Waals surface area contributed by atoms with Crippen molar-refractivity contribution in [2.75, 3.05) is 6.61 Å². The number of carbonyl (C=O) groups excluding carboxylic acids is 1. The van der Waals surface area contributed by atoms with Gasteiger partial charge in [0.1, 0.15) is 12.5 Å². The van der Waals surface area contributed by atoms with E-state index in [1.165, 1.54) is 11.0 Å². The highest BCUT2D eigenvalue weighted by Gasteiger charge is 2.48. The lowest BCUT2D eigenvalue weighted by atomic mass is 9.81. The smallest absolute Gasteiger partial charge is 0.325 e. The fourth-order valence-electron chi connectivity index (χ4n) is 2.81. The first-order chi connectivity index (χ1) is 9.00. The predicted octanol–water partition coefficient (Wildman–Crippen LogP) is 0.757. The lowest BCUT2D eigenvalue weighted by Gasteiger charge is -2.37. The molecule has 4 atom stereocenters. The topological polar surface area (TPSA) is 82.0 Å². The standard InChI is InChI=1S/C13H22N2O4/c1-3-9-8-13(2,5-7-16)11(19-9)15-6-4-10(17)14-12(15)18/h4,6,9-11,16-17H,3,5,7-8H2,1-2H3,(H,14,18). The van der Waals surface area contributed by atoms with Crippen molar-refractivity contribution in [3.63, 3.8) is 0 Å². The summed E-state index contributed by atoms with van der Waals surface area (Å²) in [6, 6.07) is -0.374. The number of nitrogens with zero attached hydrogens (tertiary/aromatic N) is 1.